The molecule has 1 aliphatic heterocycles. The smallest absolute Gasteiger partial charge is 0.407 e. The van der Waals surface area contributed by atoms with Gasteiger partial charge in [0.1, 0.15) is 11.4 Å². The van der Waals surface area contributed by atoms with Gasteiger partial charge in [-0.15, -0.1) is 0 Å². The molecule has 0 bridgehead atoms. The summed E-state index contributed by atoms with van der Waals surface area (Å²) in [5, 5.41) is 2.80. The summed E-state index contributed by atoms with van der Waals surface area (Å²) in [6.45, 7) is 6.58. The number of hydrogen-bond acceptors (Lipinski definition) is 4. The molecule has 1 N–H and O–H groups in total. The molecule has 0 radical (unpaired) electrons. The van der Waals surface area contributed by atoms with Crippen molar-refractivity contribution in [3.8, 4) is 0 Å². The van der Waals surface area contributed by atoms with Crippen LogP contribution in [0.5, 0.6) is 0 Å². The first kappa shape index (κ1) is 13.3. The number of alkyl carbamates (subject to hydrolysis) is 1. The number of ether oxygens (including phenoxy) is 2. The van der Waals surface area contributed by atoms with Gasteiger partial charge in [-0.3, -0.25) is 4.79 Å². The van der Waals surface area contributed by atoms with E-state index in [0.29, 0.717) is 19.6 Å². The van der Waals surface area contributed by atoms with Gasteiger partial charge in [0.15, 0.2) is 0 Å². The summed E-state index contributed by atoms with van der Waals surface area (Å²) >= 11 is 0. The van der Waals surface area contributed by atoms with Crippen molar-refractivity contribution in [3.05, 3.63) is 0 Å². The molecular weight excluding hydrogens is 234 g/mol. The van der Waals surface area contributed by atoms with E-state index < -0.39 is 17.1 Å². The van der Waals surface area contributed by atoms with E-state index in [1.54, 1.807) is 0 Å². The monoisotopic (exact) mass is 255 g/mol. The molecule has 5 heteroatoms. The van der Waals surface area contributed by atoms with Crippen molar-refractivity contribution in [2.45, 2.75) is 51.7 Å². The van der Waals surface area contributed by atoms with Crippen LogP contribution in [0.2, 0.25) is 0 Å². The average molecular weight is 255 g/mol. The van der Waals surface area contributed by atoms with Gasteiger partial charge < -0.3 is 14.8 Å². The maximum Gasteiger partial charge on any atom is 0.407 e. The molecule has 1 amide bonds. The molecule has 5 nitrogen and oxygen atoms in total. The fourth-order valence-electron chi connectivity index (χ4n) is 2.60. The fraction of sp³-hybridized carbons (Fsp3) is 0.846. The van der Waals surface area contributed by atoms with Crippen LogP contribution in [0.4, 0.5) is 4.79 Å². The van der Waals surface area contributed by atoms with Crippen LogP contribution < -0.4 is 5.32 Å². The first-order chi connectivity index (χ1) is 8.33. The first-order valence-electron chi connectivity index (χ1n) is 6.44. The molecule has 1 spiro atoms. The maximum absolute atomic E-state index is 11.8. The van der Waals surface area contributed by atoms with Crippen LogP contribution in [0.3, 0.4) is 0 Å². The second-order valence-electron chi connectivity index (χ2n) is 6.14. The predicted molar refractivity (Wildman–Crippen MR) is 65.3 cm³/mol. The molecule has 0 aromatic rings. The quantitative estimate of drug-likeness (QED) is 0.773. The molecule has 2 aliphatic rings. The molecule has 2 atom stereocenters. The zero-order valence-electron chi connectivity index (χ0n) is 11.2. The van der Waals surface area contributed by atoms with Crippen molar-refractivity contribution < 1.29 is 19.1 Å². The van der Waals surface area contributed by atoms with E-state index in [-0.39, 0.29) is 11.8 Å². The Kier molecular flexibility index (Phi) is 3.36. The summed E-state index contributed by atoms with van der Waals surface area (Å²) in [5.41, 5.74) is -1.01. The second-order valence-corrected chi connectivity index (χ2v) is 6.14. The highest BCUT2D eigenvalue weighted by Gasteiger charge is 2.56. The lowest BCUT2D eigenvalue weighted by atomic mass is 9.60. The van der Waals surface area contributed by atoms with Crippen LogP contribution in [0.1, 0.15) is 40.0 Å². The van der Waals surface area contributed by atoms with Crippen LogP contribution in [0.25, 0.3) is 0 Å². The molecule has 1 saturated heterocycles. The Morgan fingerprint density at radius 2 is 2.22 bits per heavy atom. The molecule has 18 heavy (non-hydrogen) atoms. The number of ketones is 1. The van der Waals surface area contributed by atoms with E-state index >= 15 is 0 Å². The number of amides is 1. The normalized spacial score (nSPS) is 31.9. The molecule has 1 saturated carbocycles. The van der Waals surface area contributed by atoms with Gasteiger partial charge in [-0.25, -0.2) is 4.79 Å². The predicted octanol–water partition coefficient (Wildman–Crippen LogP) is 1.65. The van der Waals surface area contributed by atoms with Gasteiger partial charge in [-0.1, -0.05) is 0 Å². The summed E-state index contributed by atoms with van der Waals surface area (Å²) in [6.07, 6.45) is 1.61. The molecule has 1 heterocycles. The van der Waals surface area contributed by atoms with Crippen molar-refractivity contribution in [3.63, 3.8) is 0 Å². The van der Waals surface area contributed by atoms with Gasteiger partial charge in [0.25, 0.3) is 0 Å². The minimum Gasteiger partial charge on any atom is -0.444 e. The van der Waals surface area contributed by atoms with E-state index in [0.717, 1.165) is 12.8 Å². The summed E-state index contributed by atoms with van der Waals surface area (Å²) in [4.78, 5) is 23.5. The van der Waals surface area contributed by atoms with Crippen molar-refractivity contribution in [2.75, 3.05) is 13.2 Å². The highest BCUT2D eigenvalue weighted by Crippen LogP contribution is 2.44. The van der Waals surface area contributed by atoms with Gasteiger partial charge in [0, 0.05) is 13.0 Å². The van der Waals surface area contributed by atoms with E-state index in [4.69, 9.17) is 9.47 Å². The minimum absolute atomic E-state index is 0.139. The number of Topliss-reactive ketones (excluding diaryl/α,β-unsaturated/α-hetero) is 1. The van der Waals surface area contributed by atoms with Gasteiger partial charge >= 0.3 is 6.09 Å². The van der Waals surface area contributed by atoms with Gasteiger partial charge in [0.2, 0.25) is 0 Å². The highest BCUT2D eigenvalue weighted by atomic mass is 16.6. The lowest BCUT2D eigenvalue weighted by Crippen LogP contribution is -2.65. The summed E-state index contributed by atoms with van der Waals surface area (Å²) < 4.78 is 10.6. The Bertz CT molecular complexity index is 352. The van der Waals surface area contributed by atoms with Crippen LogP contribution in [-0.4, -0.2) is 36.7 Å². The standard InChI is InChI=1S/C13H21NO4/c1-12(2,3)18-11(16)14-9-7-10(15)13(9)5-4-6-17-8-13/h9H,4-8H2,1-3H3,(H,14,16). The van der Waals surface area contributed by atoms with Crippen LogP contribution in [0, 0.1) is 5.41 Å². The molecule has 2 rings (SSSR count). The number of carbonyl (C=O) groups excluding carboxylic acids is 2. The Morgan fingerprint density at radius 1 is 1.50 bits per heavy atom. The molecule has 0 aromatic carbocycles. The third kappa shape index (κ3) is 2.51. The molecule has 1 aliphatic carbocycles. The largest absolute Gasteiger partial charge is 0.444 e. The SMILES string of the molecule is CC(C)(C)OC(=O)NC1CC(=O)C12CCCOC2. The van der Waals surface area contributed by atoms with Crippen molar-refractivity contribution in [1.82, 2.24) is 5.32 Å². The Hall–Kier alpha value is -1.10. The fourth-order valence-corrected chi connectivity index (χ4v) is 2.60. The van der Waals surface area contributed by atoms with Crippen LogP contribution >= 0.6 is 0 Å². The van der Waals surface area contributed by atoms with Gasteiger partial charge in [0.05, 0.1) is 18.1 Å². The molecule has 102 valence electrons. The van der Waals surface area contributed by atoms with Gasteiger partial charge in [-0.2, -0.15) is 0 Å². The molecule has 2 unspecified atom stereocenters. The summed E-state index contributed by atoms with van der Waals surface area (Å²) in [5.74, 6) is 0.197. The van der Waals surface area contributed by atoms with Crippen molar-refractivity contribution in [1.29, 1.82) is 0 Å². The van der Waals surface area contributed by atoms with Gasteiger partial charge in [-0.05, 0) is 33.6 Å². The Morgan fingerprint density at radius 3 is 2.72 bits per heavy atom. The summed E-state index contributed by atoms with van der Waals surface area (Å²) in [7, 11) is 0. The first-order valence-corrected chi connectivity index (χ1v) is 6.44. The molecule has 0 aromatic heterocycles. The summed E-state index contributed by atoms with van der Waals surface area (Å²) in [6, 6.07) is -0.139. The number of nitrogens with one attached hydrogen (secondary N) is 1. The number of rotatable bonds is 1. The zero-order chi connectivity index (χ0) is 13.4. The van der Waals surface area contributed by atoms with Crippen molar-refractivity contribution >= 4 is 11.9 Å². The molecular formula is C13H21NO4. The Labute approximate surface area is 107 Å². The van der Waals surface area contributed by atoms with E-state index in [2.05, 4.69) is 5.32 Å². The second kappa shape index (κ2) is 4.53. The minimum atomic E-state index is -0.520. The maximum atomic E-state index is 11.8. The zero-order valence-corrected chi connectivity index (χ0v) is 11.2. The Balaban J connectivity index is 1.94. The third-order valence-electron chi connectivity index (χ3n) is 3.57. The van der Waals surface area contributed by atoms with E-state index in [1.807, 2.05) is 20.8 Å². The van der Waals surface area contributed by atoms with Crippen LogP contribution in [0.15, 0.2) is 0 Å². The van der Waals surface area contributed by atoms with E-state index in [9.17, 15) is 9.59 Å². The van der Waals surface area contributed by atoms with Crippen LogP contribution in [-0.2, 0) is 14.3 Å². The van der Waals surface area contributed by atoms with E-state index in [1.165, 1.54) is 0 Å². The van der Waals surface area contributed by atoms with Crippen molar-refractivity contribution in [2.24, 2.45) is 5.41 Å². The topological polar surface area (TPSA) is 64.6 Å². The third-order valence-corrected chi connectivity index (χ3v) is 3.57. The average Bonchev–Trinajstić information content (AvgIpc) is 2.27. The lowest BCUT2D eigenvalue weighted by molar-refractivity contribution is -0.154. The number of carbonyl (C=O) groups is 2. The highest BCUT2D eigenvalue weighted by molar-refractivity contribution is 5.94. The lowest BCUT2D eigenvalue weighted by Gasteiger charge is -2.49. The number of hydrogen-bond donors (Lipinski definition) is 1. The molecule has 2 fully saturated rings.